The van der Waals surface area contributed by atoms with E-state index in [1.165, 1.54) is 0 Å². The van der Waals surface area contributed by atoms with E-state index in [0.717, 1.165) is 70.8 Å². The van der Waals surface area contributed by atoms with Crippen LogP contribution in [0.25, 0.3) is 11.0 Å². The molecule has 3 aromatic rings. The summed E-state index contributed by atoms with van der Waals surface area (Å²) >= 11 is 5.00. The topological polar surface area (TPSA) is 66.3 Å². The molecule has 1 N–H and O–H groups in total. The molecule has 0 radical (unpaired) electrons. The van der Waals surface area contributed by atoms with Crippen LogP contribution in [0.5, 0.6) is 0 Å². The number of aryl methyl sites for hydroxylation is 1. The van der Waals surface area contributed by atoms with Gasteiger partial charge in [-0.15, -0.1) is 23.5 Å². The van der Waals surface area contributed by atoms with Crippen LogP contribution in [0.2, 0.25) is 0 Å². The van der Waals surface area contributed by atoms with Crippen molar-refractivity contribution in [3.8, 4) is 0 Å². The Balaban J connectivity index is 1.22. The number of aromatic nitrogens is 3. The van der Waals surface area contributed by atoms with E-state index in [-0.39, 0.29) is 5.91 Å². The van der Waals surface area contributed by atoms with Gasteiger partial charge in [0, 0.05) is 49.1 Å². The van der Waals surface area contributed by atoms with Gasteiger partial charge in [-0.2, -0.15) is 0 Å². The molecule has 1 aliphatic heterocycles. The first-order valence-corrected chi connectivity index (χ1v) is 14.4. The highest BCUT2D eigenvalue weighted by Gasteiger charge is 2.20. The molecular formula is C23H30N6OS3. The van der Waals surface area contributed by atoms with Crippen LogP contribution < -0.4 is 5.32 Å². The largest absolute Gasteiger partial charge is 0.322 e. The summed E-state index contributed by atoms with van der Waals surface area (Å²) in [6, 6.07) is 10.3. The van der Waals surface area contributed by atoms with Crippen molar-refractivity contribution < 1.29 is 4.79 Å². The summed E-state index contributed by atoms with van der Waals surface area (Å²) < 4.78 is 2.15. The maximum Gasteiger partial charge on any atom is 0.238 e. The van der Waals surface area contributed by atoms with Crippen molar-refractivity contribution in [2.45, 2.75) is 16.8 Å². The van der Waals surface area contributed by atoms with Gasteiger partial charge in [0.1, 0.15) is 11.4 Å². The van der Waals surface area contributed by atoms with Gasteiger partial charge in [0.2, 0.25) is 5.91 Å². The minimum Gasteiger partial charge on any atom is -0.322 e. The number of anilines is 1. The van der Waals surface area contributed by atoms with Crippen molar-refractivity contribution in [2.75, 3.05) is 62.8 Å². The van der Waals surface area contributed by atoms with E-state index in [0.29, 0.717) is 6.54 Å². The Hall–Kier alpha value is -1.72. The summed E-state index contributed by atoms with van der Waals surface area (Å²) in [5.74, 6) is 1.04. The molecule has 1 fully saturated rings. The summed E-state index contributed by atoms with van der Waals surface area (Å²) in [4.78, 5) is 27.6. The second-order valence-electron chi connectivity index (χ2n) is 7.91. The number of carbonyl (C=O) groups excluding carboxylic acids is 1. The Morgan fingerprint density at radius 1 is 1.09 bits per heavy atom. The van der Waals surface area contributed by atoms with Gasteiger partial charge < -0.3 is 5.32 Å². The first-order chi connectivity index (χ1) is 16.1. The van der Waals surface area contributed by atoms with Crippen LogP contribution in [-0.4, -0.2) is 87.2 Å². The highest BCUT2D eigenvalue weighted by atomic mass is 32.2. The number of thioether (sulfide) groups is 2. The third-order valence-corrected chi connectivity index (χ3v) is 8.02. The number of hydrogen-bond acceptors (Lipinski definition) is 8. The van der Waals surface area contributed by atoms with E-state index in [2.05, 4.69) is 41.2 Å². The zero-order valence-corrected chi connectivity index (χ0v) is 21.7. The van der Waals surface area contributed by atoms with Gasteiger partial charge in [0.05, 0.1) is 23.3 Å². The fraction of sp³-hybridized carbons (Fsp3) is 0.435. The lowest BCUT2D eigenvalue weighted by Crippen LogP contribution is -2.49. The van der Waals surface area contributed by atoms with Crippen molar-refractivity contribution in [2.24, 2.45) is 0 Å². The molecule has 0 aliphatic carbocycles. The molecule has 2 aromatic heterocycles. The summed E-state index contributed by atoms with van der Waals surface area (Å²) in [6.45, 7) is 7.21. The quantitative estimate of drug-likeness (QED) is 0.442. The van der Waals surface area contributed by atoms with Crippen LogP contribution in [0, 0.1) is 6.92 Å². The van der Waals surface area contributed by atoms with Crippen LogP contribution >= 0.6 is 35.5 Å². The third-order valence-electron chi connectivity index (χ3n) is 5.65. The number of nitrogens with zero attached hydrogens (tertiary/aromatic N) is 5. The number of para-hydroxylation sites is 2. The lowest BCUT2D eigenvalue weighted by molar-refractivity contribution is -0.117. The highest BCUT2D eigenvalue weighted by molar-refractivity contribution is 7.99. The van der Waals surface area contributed by atoms with E-state index in [1.54, 1.807) is 35.5 Å². The number of hydrogen-bond donors (Lipinski definition) is 1. The minimum absolute atomic E-state index is 0.0299. The van der Waals surface area contributed by atoms with Gasteiger partial charge in [-0.3, -0.25) is 18.6 Å². The molecule has 0 unspecified atom stereocenters. The molecule has 0 bridgehead atoms. The molecular weight excluding hydrogens is 472 g/mol. The van der Waals surface area contributed by atoms with Crippen LogP contribution in [0.1, 0.15) is 5.69 Å². The third kappa shape index (κ3) is 6.24. The zero-order valence-electron chi connectivity index (χ0n) is 19.3. The monoisotopic (exact) mass is 502 g/mol. The fourth-order valence-electron chi connectivity index (χ4n) is 3.90. The number of fused-ring (bicyclic) bond motifs is 1. The maximum atomic E-state index is 12.8. The van der Waals surface area contributed by atoms with Gasteiger partial charge in [0.25, 0.3) is 0 Å². The SMILES string of the molecule is CSc1cc(C)nc(SC)c1NC(=O)CN1CCN(CCSn2cnc3ccccc32)CC1. The van der Waals surface area contributed by atoms with E-state index in [1.807, 2.05) is 44.0 Å². The summed E-state index contributed by atoms with van der Waals surface area (Å²) in [7, 11) is 0. The molecule has 0 atom stereocenters. The van der Waals surface area contributed by atoms with E-state index in [9.17, 15) is 4.79 Å². The molecule has 0 saturated carbocycles. The molecule has 3 heterocycles. The number of pyridine rings is 1. The zero-order chi connectivity index (χ0) is 23.2. The van der Waals surface area contributed by atoms with Crippen molar-refractivity contribution in [1.82, 2.24) is 23.7 Å². The minimum atomic E-state index is 0.0299. The average Bonchev–Trinajstić information content (AvgIpc) is 3.24. The van der Waals surface area contributed by atoms with Crippen molar-refractivity contribution in [3.05, 3.63) is 42.4 Å². The second-order valence-corrected chi connectivity index (χ2v) is 10.6. The molecule has 10 heteroatoms. The average molecular weight is 503 g/mol. The van der Waals surface area contributed by atoms with Crippen LogP contribution in [0.15, 0.2) is 46.6 Å². The summed E-state index contributed by atoms with van der Waals surface area (Å²) in [6.07, 6.45) is 5.93. The predicted octanol–water partition coefficient (Wildman–Crippen LogP) is 3.94. The maximum absolute atomic E-state index is 12.8. The Bertz CT molecular complexity index is 1070. The Kier molecular flexibility index (Phi) is 8.59. The number of nitrogens with one attached hydrogen (secondary N) is 1. The van der Waals surface area contributed by atoms with Crippen LogP contribution in [0.3, 0.4) is 0 Å². The predicted molar refractivity (Wildman–Crippen MR) is 142 cm³/mol. The molecule has 1 saturated heterocycles. The van der Waals surface area contributed by atoms with Crippen molar-refractivity contribution >= 4 is 58.1 Å². The van der Waals surface area contributed by atoms with Crippen molar-refractivity contribution in [3.63, 3.8) is 0 Å². The smallest absolute Gasteiger partial charge is 0.238 e. The van der Waals surface area contributed by atoms with Gasteiger partial charge in [-0.25, -0.2) is 9.97 Å². The Labute approximate surface area is 208 Å². The molecule has 4 rings (SSSR count). The van der Waals surface area contributed by atoms with E-state index in [4.69, 9.17) is 0 Å². The first kappa shape index (κ1) is 24.4. The number of benzene rings is 1. The number of rotatable bonds is 9. The fourth-order valence-corrected chi connectivity index (χ4v) is 6.15. The molecule has 1 aliphatic rings. The first-order valence-electron chi connectivity index (χ1n) is 11.0. The molecule has 1 amide bonds. The summed E-state index contributed by atoms with van der Waals surface area (Å²) in [5.41, 5.74) is 4.01. The van der Waals surface area contributed by atoms with Crippen LogP contribution in [0.4, 0.5) is 5.69 Å². The van der Waals surface area contributed by atoms with Gasteiger partial charge in [0.15, 0.2) is 0 Å². The van der Waals surface area contributed by atoms with Gasteiger partial charge in [-0.1, -0.05) is 12.1 Å². The Morgan fingerprint density at radius 3 is 2.61 bits per heavy atom. The van der Waals surface area contributed by atoms with Crippen LogP contribution in [-0.2, 0) is 4.79 Å². The lowest BCUT2D eigenvalue weighted by atomic mass is 10.3. The van der Waals surface area contributed by atoms with E-state index < -0.39 is 0 Å². The lowest BCUT2D eigenvalue weighted by Gasteiger charge is -2.34. The standard InChI is InChI=1S/C23H30N6OS3/c1-17-14-20(31-2)22(23(25-17)32-3)26-21(30)15-28-10-8-27(9-11-28)12-13-33-29-16-24-18-6-4-5-7-19(18)29/h4-7,14,16H,8-13,15H2,1-3H3,(H,26,30). The van der Waals surface area contributed by atoms with Gasteiger partial charge >= 0.3 is 0 Å². The van der Waals surface area contributed by atoms with E-state index >= 15 is 0 Å². The van der Waals surface area contributed by atoms with Gasteiger partial charge in [-0.05, 0) is 49.6 Å². The molecule has 33 heavy (non-hydrogen) atoms. The molecule has 176 valence electrons. The number of piperazine rings is 1. The molecule has 1 aromatic carbocycles. The molecule has 7 nitrogen and oxygen atoms in total. The Morgan fingerprint density at radius 2 is 1.85 bits per heavy atom. The van der Waals surface area contributed by atoms with Crippen molar-refractivity contribution in [1.29, 1.82) is 0 Å². The normalized spacial score (nSPS) is 15.2. The number of carbonyl (C=O) groups is 1. The number of imidazole rings is 1. The molecule has 0 spiro atoms. The second kappa shape index (κ2) is 11.6. The highest BCUT2D eigenvalue weighted by Crippen LogP contribution is 2.33. The number of amides is 1. The summed E-state index contributed by atoms with van der Waals surface area (Å²) in [5, 5.41) is 4.00.